The van der Waals surface area contributed by atoms with Crippen LogP contribution < -0.4 is 0 Å². The number of benzene rings is 2. The van der Waals surface area contributed by atoms with Crippen molar-refractivity contribution >= 4 is 37.9 Å². The van der Waals surface area contributed by atoms with E-state index in [2.05, 4.69) is 87.3 Å². The molecule has 1 saturated heterocycles. The Labute approximate surface area is 326 Å². The van der Waals surface area contributed by atoms with Gasteiger partial charge in [-0.2, -0.15) is 0 Å². The molecule has 2 heterocycles. The third-order valence-electron chi connectivity index (χ3n) is 12.0. The minimum atomic E-state index is -3.67. The summed E-state index contributed by atoms with van der Waals surface area (Å²) in [5.74, 6) is 0.0941. The van der Waals surface area contributed by atoms with Crippen LogP contribution in [0.25, 0.3) is 11.4 Å². The van der Waals surface area contributed by atoms with Crippen LogP contribution in [0, 0.1) is 45.6 Å². The van der Waals surface area contributed by atoms with Crippen molar-refractivity contribution in [3.05, 3.63) is 74.1 Å². The molecule has 8 heteroatoms. The molecule has 3 saturated carbocycles. The Kier molecular flexibility index (Phi) is 14.0. The molecule has 288 valence electrons. The second-order valence-electron chi connectivity index (χ2n) is 16.3. The molecule has 0 spiro atoms. The second-order valence-corrected chi connectivity index (χ2v) is 28.6. The molecule has 4 nitrogen and oxygen atoms in total. The van der Waals surface area contributed by atoms with Gasteiger partial charge in [-0.05, 0) is 55.5 Å². The molecule has 1 amide bonds. The van der Waals surface area contributed by atoms with Crippen LogP contribution in [0.2, 0.25) is 0 Å². The molecular formula is C44H64Cl2N3OPRu. The van der Waals surface area contributed by atoms with E-state index in [0.717, 1.165) is 44.1 Å². The first kappa shape index (κ1) is 40.3. The summed E-state index contributed by atoms with van der Waals surface area (Å²) in [6.45, 7) is 13.4. The van der Waals surface area contributed by atoms with Gasteiger partial charge in [0.15, 0.2) is 0 Å². The maximum atomic E-state index is 12.4. The van der Waals surface area contributed by atoms with Crippen molar-refractivity contribution in [2.75, 3.05) is 6.54 Å². The van der Waals surface area contributed by atoms with E-state index >= 15 is 0 Å². The molecule has 3 aliphatic carbocycles. The minimum absolute atomic E-state index is 0.0941. The van der Waals surface area contributed by atoms with Crippen LogP contribution in [0.4, 0.5) is 0 Å². The molecule has 0 radical (unpaired) electrons. The number of carbonyl (C=O) groups is 1. The van der Waals surface area contributed by atoms with Crippen molar-refractivity contribution in [1.82, 2.24) is 14.0 Å². The van der Waals surface area contributed by atoms with Crippen LogP contribution in [0.5, 0.6) is 0 Å². The van der Waals surface area contributed by atoms with Gasteiger partial charge >= 0.3 is 207 Å². The molecule has 4 fully saturated rings. The van der Waals surface area contributed by atoms with Crippen LogP contribution in [0.1, 0.15) is 143 Å². The van der Waals surface area contributed by atoms with Crippen molar-refractivity contribution in [2.45, 2.75) is 168 Å². The van der Waals surface area contributed by atoms with Crippen LogP contribution in [0.3, 0.4) is 0 Å². The number of amides is 1. The van der Waals surface area contributed by atoms with E-state index in [0.29, 0.717) is 20.9 Å². The number of likely N-dealkylation sites (tertiary alicyclic amines) is 1. The Balaban J connectivity index is 0.000000206. The average Bonchev–Trinajstić information content (AvgIpc) is 3.72. The van der Waals surface area contributed by atoms with E-state index in [-0.39, 0.29) is 5.91 Å². The molecule has 0 bridgehead atoms. The zero-order valence-corrected chi connectivity index (χ0v) is 37.0. The molecule has 0 N–H and O–H groups in total. The van der Waals surface area contributed by atoms with Gasteiger partial charge in [-0.1, -0.05) is 65.7 Å². The van der Waals surface area contributed by atoms with E-state index < -0.39 is 11.9 Å². The van der Waals surface area contributed by atoms with Crippen LogP contribution in [-0.4, -0.2) is 48.2 Å². The third-order valence-corrected chi connectivity index (χ3v) is 21.3. The molecule has 52 heavy (non-hydrogen) atoms. The van der Waals surface area contributed by atoms with Crippen molar-refractivity contribution in [1.29, 1.82) is 0 Å². The summed E-state index contributed by atoms with van der Waals surface area (Å²) >= 11 is -3.67. The van der Waals surface area contributed by atoms with Gasteiger partial charge in [0.25, 0.3) is 0 Å². The summed E-state index contributed by atoms with van der Waals surface area (Å²) < 4.78 is 6.98. The van der Waals surface area contributed by atoms with Crippen LogP contribution in [0.15, 0.2) is 36.7 Å². The van der Waals surface area contributed by atoms with Crippen molar-refractivity contribution < 1.29 is 16.7 Å². The summed E-state index contributed by atoms with van der Waals surface area (Å²) in [7, 11) is 14.9. The zero-order valence-electron chi connectivity index (χ0n) is 32.8. The first-order valence-electron chi connectivity index (χ1n) is 20.3. The number of hydrogen-bond donors (Lipinski definition) is 0. The molecular weight excluding hydrogens is 789 g/mol. The van der Waals surface area contributed by atoms with Gasteiger partial charge in [-0.15, -0.1) is 0 Å². The SMILES string of the molecule is C1CCC(P(C2CCCCC2)C2CCCCC2)CC1.Cc1cc(C)c(-n2ccn(-c3c(C)cc(C)cc3C)[c]2=[Ru]([Cl])([Cl])=[CH]N2CCCC2=O)c(C)c1. The molecule has 0 atom stereocenters. The van der Waals surface area contributed by atoms with E-state index in [9.17, 15) is 4.79 Å². The third kappa shape index (κ3) is 9.35. The fourth-order valence-electron chi connectivity index (χ4n) is 10.0. The Bertz CT molecular complexity index is 1710. The summed E-state index contributed by atoms with van der Waals surface area (Å²) in [6.07, 6.45) is 29.1. The van der Waals surface area contributed by atoms with Gasteiger partial charge in [0.05, 0.1) is 0 Å². The maximum absolute atomic E-state index is 12.4. The molecule has 7 rings (SSSR count). The Hall–Kier alpha value is -1.38. The fraction of sp³-hybridized carbons (Fsp3) is 0.614. The van der Waals surface area contributed by atoms with E-state index in [1.807, 2.05) is 4.73 Å². The van der Waals surface area contributed by atoms with E-state index in [4.69, 9.17) is 19.4 Å². The summed E-state index contributed by atoms with van der Waals surface area (Å²) in [5, 5.41) is 0. The standard InChI is InChI=1S/C21H24N2.C18H33P.C5H7NO.2ClH.Ru/c1-14-9-16(3)20(17(4)10-14)22-7-8-23(13-22)21-18(5)11-15(2)12-19(21)6;1-4-10-16(11-5-1)19(17-12-6-2-7-13-17)18-14-8-3-9-15-18;1-6-4-2-3-5(6)7;;;/h7-12H,1-6H3;16-18H,1-15H2;1H,2-4H2;2*1H;/q;;;;;+2/p-2. The molecule has 1 aliphatic heterocycles. The topological polar surface area (TPSA) is 30.2 Å². The van der Waals surface area contributed by atoms with Gasteiger partial charge in [-0.3, -0.25) is 0 Å². The summed E-state index contributed by atoms with van der Waals surface area (Å²) in [5.41, 5.74) is 12.8. The van der Waals surface area contributed by atoms with Crippen molar-refractivity contribution in [3.63, 3.8) is 0 Å². The number of aryl methyl sites for hydroxylation is 6. The summed E-state index contributed by atoms with van der Waals surface area (Å²) in [6, 6.07) is 8.73. The number of carbonyl (C=O) groups excluding carboxylic acids is 1. The first-order valence-corrected chi connectivity index (χ1v) is 28.2. The molecule has 0 unspecified atom stereocenters. The Morgan fingerprint density at radius 2 is 0.962 bits per heavy atom. The zero-order chi connectivity index (χ0) is 37.0. The van der Waals surface area contributed by atoms with E-state index in [1.54, 1.807) is 81.9 Å². The molecule has 1 aromatic heterocycles. The molecule has 4 aliphatic rings. The normalized spacial score (nSPS) is 19.9. The predicted molar refractivity (Wildman–Crippen MR) is 223 cm³/mol. The second kappa shape index (κ2) is 18.0. The van der Waals surface area contributed by atoms with Gasteiger partial charge < -0.3 is 0 Å². The number of halogens is 2. The summed E-state index contributed by atoms with van der Waals surface area (Å²) in [4.78, 5) is 14.1. The Morgan fingerprint density at radius 3 is 1.29 bits per heavy atom. The average molecular weight is 854 g/mol. The predicted octanol–water partition coefficient (Wildman–Crippen LogP) is 13.0. The number of rotatable bonds is 6. The number of aromatic nitrogens is 2. The molecule has 2 aromatic carbocycles. The van der Waals surface area contributed by atoms with Gasteiger partial charge in [0.1, 0.15) is 0 Å². The first-order chi connectivity index (χ1) is 24.9. The Morgan fingerprint density at radius 1 is 0.596 bits per heavy atom. The van der Waals surface area contributed by atoms with Crippen molar-refractivity contribution in [2.24, 2.45) is 0 Å². The van der Waals surface area contributed by atoms with Crippen LogP contribution >= 0.6 is 27.3 Å². The monoisotopic (exact) mass is 853 g/mol. The fourth-order valence-corrected chi connectivity index (χ4v) is 20.3. The van der Waals surface area contributed by atoms with Crippen LogP contribution in [-0.2, 0) is 16.7 Å². The van der Waals surface area contributed by atoms with E-state index in [1.165, 1.54) is 47.4 Å². The van der Waals surface area contributed by atoms with Crippen molar-refractivity contribution in [3.8, 4) is 11.4 Å². The number of nitrogens with zero attached hydrogens (tertiary/aromatic N) is 3. The van der Waals surface area contributed by atoms with Gasteiger partial charge in [0.2, 0.25) is 0 Å². The van der Waals surface area contributed by atoms with Gasteiger partial charge in [-0.25, -0.2) is 0 Å². The number of hydrogen-bond acceptors (Lipinski definition) is 1. The van der Waals surface area contributed by atoms with Gasteiger partial charge in [0, 0.05) is 0 Å². The quantitative estimate of drug-likeness (QED) is 0.179. The number of imidazole rings is 1. The molecule has 3 aromatic rings.